The highest BCUT2D eigenvalue weighted by molar-refractivity contribution is 7.83. The number of hydrogen-bond acceptors (Lipinski definition) is 6. The second-order valence-electron chi connectivity index (χ2n) is 6.35. The highest BCUT2D eigenvalue weighted by Gasteiger charge is 2.12. The number of benzene rings is 1. The first-order chi connectivity index (χ1) is 13.0. The number of nitrogens with zero attached hydrogens (tertiary/aromatic N) is 1. The summed E-state index contributed by atoms with van der Waals surface area (Å²) in [6.07, 6.45) is 2.84. The van der Waals surface area contributed by atoms with Crippen molar-refractivity contribution in [3.63, 3.8) is 0 Å². The zero-order chi connectivity index (χ0) is 19.5. The van der Waals surface area contributed by atoms with Crippen molar-refractivity contribution in [2.75, 3.05) is 26.2 Å². The van der Waals surface area contributed by atoms with Gasteiger partial charge in [-0.1, -0.05) is 6.07 Å². The minimum atomic E-state index is -1.48. The lowest BCUT2D eigenvalue weighted by molar-refractivity contribution is -0.137. The Balaban J connectivity index is 1.68. The van der Waals surface area contributed by atoms with Gasteiger partial charge in [-0.3, -0.25) is 9.79 Å². The molecule has 0 aliphatic carbocycles. The molecule has 1 aliphatic heterocycles. The molecule has 2 unspecified atom stereocenters. The first-order valence-electron chi connectivity index (χ1n) is 9.19. The highest BCUT2D eigenvalue weighted by Crippen LogP contribution is 2.16. The SMILES string of the molecule is CC(CC(=O)O)NS(=O)c1cccc(OCCCCNC2=NCCCN2)c1. The summed E-state index contributed by atoms with van der Waals surface area (Å²) in [6.45, 7) is 4.94. The number of carboxylic acid groups (broad SMARTS) is 1. The average molecular weight is 397 g/mol. The Morgan fingerprint density at radius 2 is 2.30 bits per heavy atom. The first-order valence-corrected chi connectivity index (χ1v) is 10.3. The summed E-state index contributed by atoms with van der Waals surface area (Å²) in [6, 6.07) is 6.66. The van der Waals surface area contributed by atoms with Crippen molar-refractivity contribution in [2.45, 2.75) is 43.5 Å². The number of guanidine groups is 1. The molecule has 0 amide bonds. The van der Waals surface area contributed by atoms with E-state index in [2.05, 4.69) is 20.3 Å². The van der Waals surface area contributed by atoms with E-state index in [1.807, 2.05) is 6.07 Å². The number of hydrogen-bond donors (Lipinski definition) is 4. The Kier molecular flexibility index (Phi) is 9.06. The first kappa shape index (κ1) is 21.2. The van der Waals surface area contributed by atoms with Gasteiger partial charge in [0.05, 0.1) is 17.9 Å². The summed E-state index contributed by atoms with van der Waals surface area (Å²) < 4.78 is 20.8. The third-order valence-electron chi connectivity index (χ3n) is 3.84. The molecule has 9 heteroatoms. The summed E-state index contributed by atoms with van der Waals surface area (Å²) in [5.74, 6) is 0.603. The summed E-state index contributed by atoms with van der Waals surface area (Å²) in [5, 5.41) is 15.3. The number of ether oxygens (including phenoxy) is 1. The van der Waals surface area contributed by atoms with Gasteiger partial charge in [-0.15, -0.1) is 0 Å². The minimum Gasteiger partial charge on any atom is -0.494 e. The van der Waals surface area contributed by atoms with Crippen molar-refractivity contribution in [2.24, 2.45) is 4.99 Å². The zero-order valence-electron chi connectivity index (χ0n) is 15.6. The molecule has 2 atom stereocenters. The van der Waals surface area contributed by atoms with E-state index in [9.17, 15) is 9.00 Å². The van der Waals surface area contributed by atoms with Crippen molar-refractivity contribution in [3.8, 4) is 5.75 Å². The van der Waals surface area contributed by atoms with Crippen LogP contribution in [0.1, 0.15) is 32.6 Å². The van der Waals surface area contributed by atoms with Gasteiger partial charge >= 0.3 is 5.97 Å². The molecule has 1 aromatic carbocycles. The molecule has 0 spiro atoms. The third-order valence-corrected chi connectivity index (χ3v) is 5.14. The van der Waals surface area contributed by atoms with Crippen LogP contribution in [0.3, 0.4) is 0 Å². The number of rotatable bonds is 11. The molecule has 0 fully saturated rings. The number of unbranched alkanes of at least 4 members (excludes halogenated alkanes) is 1. The molecule has 0 saturated carbocycles. The van der Waals surface area contributed by atoms with E-state index in [0.29, 0.717) is 17.3 Å². The fraction of sp³-hybridized carbons (Fsp3) is 0.556. The number of carboxylic acids is 1. The standard InChI is InChI=1S/C18H28N4O4S/c1-14(12-17(23)24)22-27(25)16-7-4-6-15(13-16)26-11-3-2-8-19-18-20-9-5-10-21-18/h4,6-7,13-14,22H,2-3,5,8-12H2,1H3,(H,23,24)(H2,19,20,21). The van der Waals surface area contributed by atoms with E-state index in [1.165, 1.54) is 0 Å². The summed E-state index contributed by atoms with van der Waals surface area (Å²) >= 11 is 0. The second kappa shape index (κ2) is 11.6. The number of nitrogens with one attached hydrogen (secondary N) is 3. The van der Waals surface area contributed by atoms with Gasteiger partial charge < -0.3 is 20.5 Å². The van der Waals surface area contributed by atoms with Crippen LogP contribution < -0.4 is 20.1 Å². The van der Waals surface area contributed by atoms with Gasteiger partial charge in [-0.05, 0) is 44.4 Å². The Bertz CT molecular complexity index is 669. The van der Waals surface area contributed by atoms with Crippen LogP contribution in [-0.2, 0) is 15.8 Å². The molecular weight excluding hydrogens is 368 g/mol. The van der Waals surface area contributed by atoms with E-state index < -0.39 is 17.0 Å². The normalized spacial score (nSPS) is 16.0. The summed E-state index contributed by atoms with van der Waals surface area (Å²) in [5.41, 5.74) is 0. The summed E-state index contributed by atoms with van der Waals surface area (Å²) in [7, 11) is -1.48. The second-order valence-corrected chi connectivity index (χ2v) is 7.60. The van der Waals surface area contributed by atoms with Crippen molar-refractivity contribution in [1.29, 1.82) is 0 Å². The number of aliphatic imine (C=N–C) groups is 1. The monoisotopic (exact) mass is 396 g/mol. The van der Waals surface area contributed by atoms with Crippen molar-refractivity contribution >= 4 is 22.9 Å². The molecule has 0 radical (unpaired) electrons. The van der Waals surface area contributed by atoms with Crippen molar-refractivity contribution in [3.05, 3.63) is 24.3 Å². The van der Waals surface area contributed by atoms with E-state index in [4.69, 9.17) is 9.84 Å². The van der Waals surface area contributed by atoms with Gasteiger partial charge in [-0.2, -0.15) is 0 Å². The molecule has 27 heavy (non-hydrogen) atoms. The highest BCUT2D eigenvalue weighted by atomic mass is 32.2. The van der Waals surface area contributed by atoms with Crippen LogP contribution in [0.5, 0.6) is 5.75 Å². The van der Waals surface area contributed by atoms with E-state index >= 15 is 0 Å². The summed E-state index contributed by atoms with van der Waals surface area (Å²) in [4.78, 5) is 15.6. The molecular formula is C18H28N4O4S. The minimum absolute atomic E-state index is 0.0854. The molecule has 150 valence electrons. The van der Waals surface area contributed by atoms with Gasteiger partial charge in [0.2, 0.25) is 0 Å². The van der Waals surface area contributed by atoms with Gasteiger partial charge in [0.15, 0.2) is 5.96 Å². The molecule has 4 N–H and O–H groups in total. The molecule has 0 bridgehead atoms. The van der Waals surface area contributed by atoms with Crippen LogP contribution in [0.25, 0.3) is 0 Å². The lowest BCUT2D eigenvalue weighted by Crippen LogP contribution is -2.41. The van der Waals surface area contributed by atoms with Crippen LogP contribution in [0.15, 0.2) is 34.2 Å². The number of aliphatic carboxylic acids is 1. The zero-order valence-corrected chi connectivity index (χ0v) is 16.4. The Hall–Kier alpha value is -2.13. The Morgan fingerprint density at radius 1 is 1.44 bits per heavy atom. The molecule has 1 heterocycles. The van der Waals surface area contributed by atoms with E-state index in [0.717, 1.165) is 44.9 Å². The molecule has 1 aliphatic rings. The van der Waals surface area contributed by atoms with Crippen LogP contribution in [0.2, 0.25) is 0 Å². The van der Waals surface area contributed by atoms with Crippen LogP contribution in [0.4, 0.5) is 0 Å². The molecule has 8 nitrogen and oxygen atoms in total. The predicted octanol–water partition coefficient (Wildman–Crippen LogP) is 1.26. The van der Waals surface area contributed by atoms with Crippen molar-refractivity contribution in [1.82, 2.24) is 15.4 Å². The average Bonchev–Trinajstić information content (AvgIpc) is 2.65. The van der Waals surface area contributed by atoms with Gasteiger partial charge in [0, 0.05) is 25.7 Å². The Labute approximate surface area is 162 Å². The fourth-order valence-corrected chi connectivity index (χ4v) is 3.52. The lowest BCUT2D eigenvalue weighted by atomic mass is 10.3. The molecule has 1 aromatic rings. The van der Waals surface area contributed by atoms with Crippen LogP contribution in [-0.4, -0.2) is 53.5 Å². The van der Waals surface area contributed by atoms with Gasteiger partial charge in [-0.25, -0.2) is 8.93 Å². The maximum absolute atomic E-state index is 12.3. The smallest absolute Gasteiger partial charge is 0.304 e. The van der Waals surface area contributed by atoms with Crippen molar-refractivity contribution < 1.29 is 18.8 Å². The maximum atomic E-state index is 12.3. The fourth-order valence-electron chi connectivity index (χ4n) is 2.51. The molecule has 0 saturated heterocycles. The van der Waals surface area contributed by atoms with E-state index in [-0.39, 0.29) is 12.5 Å². The van der Waals surface area contributed by atoms with Gasteiger partial charge in [0.25, 0.3) is 0 Å². The largest absolute Gasteiger partial charge is 0.494 e. The maximum Gasteiger partial charge on any atom is 0.304 e. The van der Waals surface area contributed by atoms with Crippen LogP contribution in [0, 0.1) is 0 Å². The quantitative estimate of drug-likeness (QED) is 0.419. The number of carbonyl (C=O) groups is 1. The molecule has 2 rings (SSSR count). The van der Waals surface area contributed by atoms with Gasteiger partial charge in [0.1, 0.15) is 16.7 Å². The third kappa shape index (κ3) is 8.40. The lowest BCUT2D eigenvalue weighted by Gasteiger charge is -2.16. The molecule has 0 aromatic heterocycles. The Morgan fingerprint density at radius 3 is 3.04 bits per heavy atom. The van der Waals surface area contributed by atoms with Crippen LogP contribution >= 0.6 is 0 Å². The topological polar surface area (TPSA) is 112 Å². The predicted molar refractivity (Wildman–Crippen MR) is 105 cm³/mol. The van der Waals surface area contributed by atoms with E-state index in [1.54, 1.807) is 25.1 Å².